The van der Waals surface area contributed by atoms with E-state index in [1.54, 1.807) is 0 Å². The zero-order chi connectivity index (χ0) is 36.6. The molecule has 290 valence electrons. The molecule has 0 amide bonds. The SMILES string of the molecule is CO[C@H]1[C@H](O)[C@@H](O)[C@@H](O[C@H]2[C@H](O[C@@H]3COC(O)[C@H](O)[C@H]3O)OC[C@@H](O[C@@H]3OC[C@@H](O[C@@H]4OC[C@@H](O)[C@H](O)[C@H]4O)[C@H](O)[C@H]3O)[C@@H]2O)O[C@@H]1C(=O)O. The van der Waals surface area contributed by atoms with Gasteiger partial charge in [-0.15, -0.1) is 0 Å². The zero-order valence-corrected chi connectivity index (χ0v) is 26.3. The number of rotatable bonds is 10. The molecule has 0 aromatic heterocycles. The normalized spacial score (nSPS) is 52.0. The summed E-state index contributed by atoms with van der Waals surface area (Å²) >= 11 is 0. The van der Waals surface area contributed by atoms with E-state index in [1.807, 2.05) is 0 Å². The predicted octanol–water partition coefficient (Wildman–Crippen LogP) is -8.62. The Morgan fingerprint density at radius 1 is 0.500 bits per heavy atom. The van der Waals surface area contributed by atoms with E-state index in [0.29, 0.717) is 0 Å². The van der Waals surface area contributed by atoms with E-state index < -0.39 is 162 Å². The topological polar surface area (TPSA) is 352 Å². The van der Waals surface area contributed by atoms with Gasteiger partial charge in [0.25, 0.3) is 0 Å². The molecule has 50 heavy (non-hydrogen) atoms. The fourth-order valence-corrected chi connectivity index (χ4v) is 6.02. The van der Waals surface area contributed by atoms with Crippen molar-refractivity contribution in [2.45, 2.75) is 129 Å². The number of carbonyl (C=O) groups is 1. The van der Waals surface area contributed by atoms with Crippen molar-refractivity contribution in [2.24, 2.45) is 0 Å². The molecule has 5 heterocycles. The van der Waals surface area contributed by atoms with Crippen LogP contribution in [-0.4, -0.2) is 230 Å². The van der Waals surface area contributed by atoms with Crippen LogP contribution < -0.4 is 0 Å². The Balaban J connectivity index is 1.28. The molecule has 0 aromatic rings. The minimum atomic E-state index is -1.97. The van der Waals surface area contributed by atoms with Crippen LogP contribution in [0.15, 0.2) is 0 Å². The van der Waals surface area contributed by atoms with Crippen molar-refractivity contribution >= 4 is 5.97 Å². The van der Waals surface area contributed by atoms with Crippen LogP contribution >= 0.6 is 0 Å². The number of hydrogen-bond acceptors (Lipinski definition) is 22. The summed E-state index contributed by atoms with van der Waals surface area (Å²) in [5.41, 5.74) is 0. The number of aliphatic hydroxyl groups is 11. The minimum Gasteiger partial charge on any atom is -0.479 e. The van der Waals surface area contributed by atoms with Crippen molar-refractivity contribution in [3.8, 4) is 0 Å². The van der Waals surface area contributed by atoms with E-state index in [-0.39, 0.29) is 0 Å². The standard InChI is InChI=1S/C27H44O23/c1-41-19-14(33)18(37)26(50-21(19)22(38)39)49-20-13(32)9(5-45-27(20)48-7-3-42-23(40)15(34)11(7)30)47-25-17(36)12(31)8(4-44-25)46-24-16(35)10(29)6(28)2-43-24/h6-21,23-37,40H,2-5H2,1H3,(H,38,39)/t6-,7-,8-,9-,10+,11+,12+,13+,14-,15-,16-,17-,18-,19+,20-,21+,23?,24+,25+,26+,27+/m1/s1. The maximum atomic E-state index is 11.8. The lowest BCUT2D eigenvalue weighted by Gasteiger charge is -2.47. The molecule has 5 aliphatic rings. The summed E-state index contributed by atoms with van der Waals surface area (Å²) in [6, 6.07) is 0. The number of methoxy groups -OCH3 is 1. The quantitative estimate of drug-likeness (QED) is 0.0990. The maximum Gasteiger partial charge on any atom is 0.335 e. The van der Waals surface area contributed by atoms with Crippen LogP contribution in [-0.2, 0) is 52.2 Å². The molecule has 5 rings (SSSR count). The monoisotopic (exact) mass is 736 g/mol. The van der Waals surface area contributed by atoms with Crippen molar-refractivity contribution in [3.63, 3.8) is 0 Å². The molecule has 23 nitrogen and oxygen atoms in total. The molecule has 5 saturated heterocycles. The third kappa shape index (κ3) is 8.23. The van der Waals surface area contributed by atoms with Crippen molar-refractivity contribution in [1.29, 1.82) is 0 Å². The molecule has 0 spiro atoms. The highest BCUT2D eigenvalue weighted by molar-refractivity contribution is 5.73. The summed E-state index contributed by atoms with van der Waals surface area (Å²) in [4.78, 5) is 11.8. The number of carboxylic acids is 1. The summed E-state index contributed by atoms with van der Waals surface area (Å²) in [7, 11) is 1.07. The number of aliphatic hydroxyl groups excluding tert-OH is 11. The highest BCUT2D eigenvalue weighted by Crippen LogP contribution is 2.33. The fraction of sp³-hybridized carbons (Fsp3) is 0.963. The molecule has 0 saturated carbocycles. The van der Waals surface area contributed by atoms with Gasteiger partial charge in [-0.05, 0) is 0 Å². The first-order valence-electron chi connectivity index (χ1n) is 15.6. The number of carboxylic acid groups (broad SMARTS) is 1. The van der Waals surface area contributed by atoms with Gasteiger partial charge in [-0.25, -0.2) is 4.79 Å². The Morgan fingerprint density at radius 3 is 1.58 bits per heavy atom. The van der Waals surface area contributed by atoms with Crippen LogP contribution in [0.2, 0.25) is 0 Å². The second-order valence-electron chi connectivity index (χ2n) is 12.4. The Hall–Kier alpha value is -1.37. The molecule has 0 bridgehead atoms. The number of ether oxygens (including phenoxy) is 10. The highest BCUT2D eigenvalue weighted by Gasteiger charge is 2.54. The lowest BCUT2D eigenvalue weighted by atomic mass is 9.98. The molecule has 23 heteroatoms. The summed E-state index contributed by atoms with van der Waals surface area (Å²) in [5, 5.41) is 124. The van der Waals surface area contributed by atoms with Crippen molar-refractivity contribution in [2.75, 3.05) is 33.5 Å². The van der Waals surface area contributed by atoms with E-state index in [4.69, 9.17) is 47.4 Å². The zero-order valence-electron chi connectivity index (χ0n) is 26.3. The molecule has 5 aliphatic heterocycles. The summed E-state index contributed by atoms with van der Waals surface area (Å²) in [6.07, 6.45) is -35.6. The van der Waals surface area contributed by atoms with Crippen LogP contribution in [0.4, 0.5) is 0 Å². The van der Waals surface area contributed by atoms with Crippen LogP contribution in [0, 0.1) is 0 Å². The van der Waals surface area contributed by atoms with E-state index in [2.05, 4.69) is 0 Å². The Bertz CT molecular complexity index is 1100. The summed E-state index contributed by atoms with van der Waals surface area (Å²) in [6.45, 7) is -1.90. The van der Waals surface area contributed by atoms with Crippen LogP contribution in [0.5, 0.6) is 0 Å². The lowest BCUT2D eigenvalue weighted by Crippen LogP contribution is -2.65. The number of hydrogen-bond donors (Lipinski definition) is 12. The van der Waals surface area contributed by atoms with Gasteiger partial charge in [0.2, 0.25) is 0 Å². The predicted molar refractivity (Wildman–Crippen MR) is 148 cm³/mol. The van der Waals surface area contributed by atoms with Gasteiger partial charge in [0.15, 0.2) is 37.6 Å². The smallest absolute Gasteiger partial charge is 0.335 e. The van der Waals surface area contributed by atoms with E-state index in [9.17, 15) is 66.1 Å². The average Bonchev–Trinajstić information content (AvgIpc) is 3.08. The average molecular weight is 737 g/mol. The van der Waals surface area contributed by atoms with Gasteiger partial charge in [-0.3, -0.25) is 0 Å². The first kappa shape index (κ1) is 39.8. The van der Waals surface area contributed by atoms with Gasteiger partial charge in [-0.1, -0.05) is 0 Å². The highest BCUT2D eigenvalue weighted by atomic mass is 16.8. The summed E-state index contributed by atoms with van der Waals surface area (Å²) in [5.74, 6) is -1.59. The second kappa shape index (κ2) is 16.8. The molecule has 0 aromatic carbocycles. The molecule has 0 radical (unpaired) electrons. The maximum absolute atomic E-state index is 11.8. The third-order valence-corrected chi connectivity index (χ3v) is 9.03. The molecular formula is C27H44O23. The molecule has 0 aliphatic carbocycles. The molecule has 12 N–H and O–H groups in total. The number of aliphatic carboxylic acids is 1. The second-order valence-corrected chi connectivity index (χ2v) is 12.4. The van der Waals surface area contributed by atoms with Crippen molar-refractivity contribution in [1.82, 2.24) is 0 Å². The van der Waals surface area contributed by atoms with Gasteiger partial charge in [0.1, 0.15) is 91.6 Å². The molecular weight excluding hydrogens is 692 g/mol. The lowest BCUT2D eigenvalue weighted by molar-refractivity contribution is -0.382. The Labute approximate surface area is 282 Å². The van der Waals surface area contributed by atoms with E-state index >= 15 is 0 Å². The van der Waals surface area contributed by atoms with Gasteiger partial charge >= 0.3 is 5.97 Å². The van der Waals surface area contributed by atoms with Crippen LogP contribution in [0.25, 0.3) is 0 Å². The molecule has 1 unspecified atom stereocenters. The van der Waals surface area contributed by atoms with Crippen molar-refractivity contribution < 1.29 is 113 Å². The first-order valence-corrected chi connectivity index (χ1v) is 15.6. The third-order valence-electron chi connectivity index (χ3n) is 9.03. The minimum absolute atomic E-state index is 0.393. The van der Waals surface area contributed by atoms with Gasteiger partial charge in [0, 0.05) is 7.11 Å². The Kier molecular flexibility index (Phi) is 13.3. The van der Waals surface area contributed by atoms with Gasteiger partial charge in [0.05, 0.1) is 26.4 Å². The van der Waals surface area contributed by atoms with Gasteiger partial charge in [-0.2, -0.15) is 0 Å². The summed E-state index contributed by atoms with van der Waals surface area (Å²) < 4.78 is 54.2. The molecule has 5 fully saturated rings. The molecule has 21 atom stereocenters. The fourth-order valence-electron chi connectivity index (χ4n) is 6.02. The van der Waals surface area contributed by atoms with E-state index in [1.165, 1.54) is 0 Å². The first-order chi connectivity index (χ1) is 23.6. The Morgan fingerprint density at radius 2 is 0.980 bits per heavy atom. The van der Waals surface area contributed by atoms with E-state index in [0.717, 1.165) is 7.11 Å². The van der Waals surface area contributed by atoms with Crippen LogP contribution in [0.1, 0.15) is 0 Å². The van der Waals surface area contributed by atoms with Gasteiger partial charge < -0.3 is 109 Å². The largest absolute Gasteiger partial charge is 0.479 e. The van der Waals surface area contributed by atoms with Crippen LogP contribution in [0.3, 0.4) is 0 Å². The van der Waals surface area contributed by atoms with Crippen molar-refractivity contribution in [3.05, 3.63) is 0 Å².